The molecule has 13 heteroatoms. The van der Waals surface area contributed by atoms with E-state index >= 15 is 0 Å². The summed E-state index contributed by atoms with van der Waals surface area (Å²) in [7, 11) is 0. The molecule has 0 saturated carbocycles. The summed E-state index contributed by atoms with van der Waals surface area (Å²) in [6.07, 6.45) is 0. The highest BCUT2D eigenvalue weighted by Gasteiger charge is 2.17. The minimum atomic E-state index is -0.772. The number of nitro groups is 2. The Morgan fingerprint density at radius 1 is 0.929 bits per heavy atom. The molecule has 11 nitrogen and oxygen atoms in total. The summed E-state index contributed by atoms with van der Waals surface area (Å²) in [5.74, 6) is -1.51. The summed E-state index contributed by atoms with van der Waals surface area (Å²) in [5.41, 5.74) is 3.59. The molecule has 144 valence electrons. The van der Waals surface area contributed by atoms with Gasteiger partial charge in [-0.3, -0.25) is 46.0 Å². The van der Waals surface area contributed by atoms with Crippen LogP contribution < -0.4 is 16.2 Å². The Morgan fingerprint density at radius 2 is 1.61 bits per heavy atom. The fourth-order valence-corrected chi connectivity index (χ4v) is 2.28. The van der Waals surface area contributed by atoms with Crippen molar-refractivity contribution in [2.45, 2.75) is 0 Å². The van der Waals surface area contributed by atoms with Gasteiger partial charge in [0.05, 0.1) is 9.85 Å². The highest BCUT2D eigenvalue weighted by atomic mass is 35.5. The van der Waals surface area contributed by atoms with Gasteiger partial charge in [0.15, 0.2) is 5.11 Å². The third-order valence-electron chi connectivity index (χ3n) is 3.24. The molecule has 2 aromatic rings. The second-order valence-corrected chi connectivity index (χ2v) is 5.91. The lowest BCUT2D eigenvalue weighted by atomic mass is 10.2. The number of thiocarbonyl (C=S) groups is 1. The largest absolute Gasteiger partial charge is 0.298 e. The Labute approximate surface area is 166 Å². The van der Waals surface area contributed by atoms with Crippen LogP contribution in [0.5, 0.6) is 0 Å². The van der Waals surface area contributed by atoms with Crippen molar-refractivity contribution in [1.82, 2.24) is 16.2 Å². The van der Waals surface area contributed by atoms with Crippen LogP contribution in [-0.4, -0.2) is 26.8 Å². The van der Waals surface area contributed by atoms with Gasteiger partial charge < -0.3 is 0 Å². The molecule has 0 aromatic heterocycles. The van der Waals surface area contributed by atoms with E-state index in [2.05, 4.69) is 16.2 Å². The maximum absolute atomic E-state index is 12.0. The molecule has 0 fully saturated rings. The first-order valence-corrected chi connectivity index (χ1v) is 8.07. The topological polar surface area (TPSA) is 157 Å². The molecule has 2 aromatic carbocycles. The number of halogens is 1. The number of benzene rings is 2. The number of hydrogen-bond acceptors (Lipinski definition) is 7. The second-order valence-electron chi connectivity index (χ2n) is 5.09. The predicted octanol–water partition coefficient (Wildman–Crippen LogP) is 2.11. The van der Waals surface area contributed by atoms with E-state index in [0.717, 1.165) is 12.1 Å². The van der Waals surface area contributed by atoms with Crippen LogP contribution in [-0.2, 0) is 0 Å². The Morgan fingerprint density at radius 3 is 2.25 bits per heavy atom. The Balaban J connectivity index is 1.97. The maximum Gasteiger partial charge on any atom is 0.288 e. The van der Waals surface area contributed by atoms with Crippen molar-refractivity contribution in [2.24, 2.45) is 0 Å². The lowest BCUT2D eigenvalue weighted by Crippen LogP contribution is -2.48. The maximum atomic E-state index is 12.0. The highest BCUT2D eigenvalue weighted by Crippen LogP contribution is 2.24. The standard InChI is InChI=1S/C15H10ClN5O6S/c16-11-5-4-9(7-12(11)21(26)27)14(23)18-19-15(28)17-13(22)8-2-1-3-10(6-8)20(24)25/h1-7H,(H,18,23)(H2,17,19,22,28). The monoisotopic (exact) mass is 423 g/mol. The highest BCUT2D eigenvalue weighted by molar-refractivity contribution is 7.80. The van der Waals surface area contributed by atoms with Crippen molar-refractivity contribution < 1.29 is 19.4 Å². The van der Waals surface area contributed by atoms with Crippen LogP contribution >= 0.6 is 23.8 Å². The molecular formula is C15H10ClN5O6S. The van der Waals surface area contributed by atoms with Gasteiger partial charge in [-0.25, -0.2) is 0 Å². The Kier molecular flexibility index (Phi) is 6.52. The molecule has 0 aliphatic carbocycles. The number of hydrogen-bond donors (Lipinski definition) is 3. The molecule has 2 amide bonds. The zero-order valence-corrected chi connectivity index (χ0v) is 15.2. The van der Waals surface area contributed by atoms with E-state index in [-0.39, 0.29) is 26.9 Å². The number of nitrogens with zero attached hydrogens (tertiary/aromatic N) is 2. The number of rotatable bonds is 4. The van der Waals surface area contributed by atoms with Crippen molar-refractivity contribution in [3.63, 3.8) is 0 Å². The van der Waals surface area contributed by atoms with Crippen LogP contribution in [0.2, 0.25) is 5.02 Å². The van der Waals surface area contributed by atoms with E-state index in [1.54, 1.807) is 0 Å². The molecule has 0 atom stereocenters. The van der Waals surface area contributed by atoms with Crippen LogP contribution in [0.3, 0.4) is 0 Å². The van der Waals surface area contributed by atoms with Gasteiger partial charge in [0.2, 0.25) is 0 Å². The summed E-state index contributed by atoms with van der Waals surface area (Å²) >= 11 is 10.5. The molecule has 0 aliphatic heterocycles. The summed E-state index contributed by atoms with van der Waals surface area (Å²) < 4.78 is 0. The first-order chi connectivity index (χ1) is 13.2. The van der Waals surface area contributed by atoms with Crippen LogP contribution in [0.4, 0.5) is 11.4 Å². The fraction of sp³-hybridized carbons (Fsp3) is 0. The SMILES string of the molecule is O=C(NNC(=S)NC(=O)c1cccc([N+](=O)[O-])c1)c1ccc(Cl)c([N+](=O)[O-])c1. The summed E-state index contributed by atoms with van der Waals surface area (Å²) in [6, 6.07) is 8.38. The van der Waals surface area contributed by atoms with Crippen molar-refractivity contribution in [3.05, 3.63) is 78.8 Å². The van der Waals surface area contributed by atoms with Crippen LogP contribution in [0, 0.1) is 20.2 Å². The molecule has 0 radical (unpaired) electrons. The molecule has 2 rings (SSSR count). The molecular weight excluding hydrogens is 414 g/mol. The minimum Gasteiger partial charge on any atom is -0.298 e. The summed E-state index contributed by atoms with van der Waals surface area (Å²) in [4.78, 5) is 44.3. The number of carbonyl (C=O) groups excluding carboxylic acids is 2. The summed E-state index contributed by atoms with van der Waals surface area (Å²) in [5, 5.41) is 23.4. The zero-order chi connectivity index (χ0) is 20.8. The van der Waals surface area contributed by atoms with E-state index in [4.69, 9.17) is 23.8 Å². The second kappa shape index (κ2) is 8.83. The fourth-order valence-electron chi connectivity index (χ4n) is 1.95. The third kappa shape index (κ3) is 5.18. The normalized spacial score (nSPS) is 9.89. The quantitative estimate of drug-likeness (QED) is 0.383. The van der Waals surface area contributed by atoms with Crippen molar-refractivity contribution >= 4 is 52.1 Å². The van der Waals surface area contributed by atoms with Crippen molar-refractivity contribution in [3.8, 4) is 0 Å². The van der Waals surface area contributed by atoms with E-state index < -0.39 is 27.3 Å². The molecule has 0 heterocycles. The molecule has 0 unspecified atom stereocenters. The van der Waals surface area contributed by atoms with Gasteiger partial charge in [-0.05, 0) is 30.4 Å². The van der Waals surface area contributed by atoms with E-state index in [1.807, 2.05) is 0 Å². The Bertz CT molecular complexity index is 999. The number of amides is 2. The average molecular weight is 424 g/mol. The number of nitrogens with one attached hydrogen (secondary N) is 3. The molecule has 0 bridgehead atoms. The number of nitro benzene ring substituents is 2. The third-order valence-corrected chi connectivity index (χ3v) is 3.76. The number of non-ortho nitro benzene ring substituents is 1. The average Bonchev–Trinajstić information content (AvgIpc) is 2.66. The first-order valence-electron chi connectivity index (χ1n) is 7.29. The van der Waals surface area contributed by atoms with Crippen molar-refractivity contribution in [2.75, 3.05) is 0 Å². The molecule has 28 heavy (non-hydrogen) atoms. The molecule has 0 aliphatic rings. The number of hydrazine groups is 1. The van der Waals surface area contributed by atoms with E-state index in [0.29, 0.717) is 0 Å². The molecule has 0 saturated heterocycles. The first kappa shape index (κ1) is 20.7. The van der Waals surface area contributed by atoms with Crippen LogP contribution in [0.1, 0.15) is 20.7 Å². The minimum absolute atomic E-state index is 0.0157. The van der Waals surface area contributed by atoms with Gasteiger partial charge in [-0.15, -0.1) is 0 Å². The van der Waals surface area contributed by atoms with Crippen LogP contribution in [0.25, 0.3) is 0 Å². The molecule has 3 N–H and O–H groups in total. The van der Waals surface area contributed by atoms with Crippen LogP contribution in [0.15, 0.2) is 42.5 Å². The van der Waals surface area contributed by atoms with Gasteiger partial charge in [0, 0.05) is 29.3 Å². The zero-order valence-electron chi connectivity index (χ0n) is 13.7. The van der Waals surface area contributed by atoms with E-state index in [1.165, 1.54) is 30.3 Å². The van der Waals surface area contributed by atoms with Crippen molar-refractivity contribution in [1.29, 1.82) is 0 Å². The predicted molar refractivity (Wildman–Crippen MR) is 102 cm³/mol. The smallest absolute Gasteiger partial charge is 0.288 e. The lowest BCUT2D eigenvalue weighted by molar-refractivity contribution is -0.385. The van der Waals surface area contributed by atoms with Gasteiger partial charge >= 0.3 is 0 Å². The van der Waals surface area contributed by atoms with Gasteiger partial charge in [0.1, 0.15) is 5.02 Å². The number of carbonyl (C=O) groups is 2. The van der Waals surface area contributed by atoms with E-state index in [9.17, 15) is 29.8 Å². The van der Waals surface area contributed by atoms with Gasteiger partial charge in [-0.1, -0.05) is 17.7 Å². The lowest BCUT2D eigenvalue weighted by Gasteiger charge is -2.11. The Hall–Kier alpha value is -3.64. The van der Waals surface area contributed by atoms with Gasteiger partial charge in [0.25, 0.3) is 23.2 Å². The van der Waals surface area contributed by atoms with Gasteiger partial charge in [-0.2, -0.15) is 0 Å². The summed E-state index contributed by atoms with van der Waals surface area (Å²) in [6.45, 7) is 0. The molecule has 0 spiro atoms.